The smallest absolute Gasteiger partial charge is 0.261 e. The molecule has 0 aliphatic carbocycles. The molecule has 3 N–H and O–H groups in total. The number of hydrogen-bond donors (Lipinski definition) is 2. The first-order chi connectivity index (χ1) is 8.49. The van der Waals surface area contributed by atoms with Crippen LogP contribution in [0.2, 0.25) is 0 Å². The summed E-state index contributed by atoms with van der Waals surface area (Å²) in [4.78, 5) is 4.06. The van der Waals surface area contributed by atoms with Crippen LogP contribution < -0.4 is 10.5 Å². The van der Waals surface area contributed by atoms with Gasteiger partial charge in [-0.05, 0) is 42.8 Å². The van der Waals surface area contributed by atoms with Crippen molar-refractivity contribution in [2.75, 3.05) is 10.5 Å². The summed E-state index contributed by atoms with van der Waals surface area (Å²) < 4.78 is 26.7. The maximum Gasteiger partial charge on any atom is 0.261 e. The second kappa shape index (κ2) is 4.66. The summed E-state index contributed by atoms with van der Waals surface area (Å²) in [6, 6.07) is 7.75. The van der Waals surface area contributed by atoms with Gasteiger partial charge < -0.3 is 5.73 Å². The topological polar surface area (TPSA) is 85.1 Å². The highest BCUT2D eigenvalue weighted by Gasteiger charge is 2.14. The minimum absolute atomic E-state index is 0.167. The third kappa shape index (κ3) is 2.60. The van der Waals surface area contributed by atoms with Crippen molar-refractivity contribution in [3.8, 4) is 0 Å². The molecule has 0 saturated carbocycles. The maximum absolute atomic E-state index is 12.1. The Morgan fingerprint density at radius 2 is 1.83 bits per heavy atom. The molecular formula is C12H13N3O2S. The van der Waals surface area contributed by atoms with E-state index in [-0.39, 0.29) is 4.90 Å². The van der Waals surface area contributed by atoms with Crippen LogP contribution in [-0.4, -0.2) is 13.4 Å². The number of pyridine rings is 1. The molecule has 0 radical (unpaired) electrons. The number of rotatable bonds is 3. The fourth-order valence-electron chi connectivity index (χ4n) is 1.42. The number of nitrogen functional groups attached to an aromatic ring is 1. The summed E-state index contributed by atoms with van der Waals surface area (Å²) >= 11 is 0. The zero-order valence-corrected chi connectivity index (χ0v) is 10.6. The van der Waals surface area contributed by atoms with Crippen LogP contribution in [0.25, 0.3) is 0 Å². The molecule has 1 aromatic carbocycles. The summed E-state index contributed by atoms with van der Waals surface area (Å²) in [5.41, 5.74) is 7.32. The van der Waals surface area contributed by atoms with Crippen molar-refractivity contribution < 1.29 is 8.42 Å². The van der Waals surface area contributed by atoms with Gasteiger partial charge in [-0.1, -0.05) is 0 Å². The second-order valence-corrected chi connectivity index (χ2v) is 5.55. The first-order valence-electron chi connectivity index (χ1n) is 5.28. The van der Waals surface area contributed by atoms with Crippen LogP contribution in [0.15, 0.2) is 47.6 Å². The molecule has 0 unspecified atom stereocenters. The highest BCUT2D eigenvalue weighted by molar-refractivity contribution is 7.92. The molecule has 0 aliphatic rings. The number of benzene rings is 1. The minimum Gasteiger partial charge on any atom is -0.399 e. The fourth-order valence-corrected chi connectivity index (χ4v) is 2.54. The van der Waals surface area contributed by atoms with E-state index in [9.17, 15) is 8.42 Å². The van der Waals surface area contributed by atoms with E-state index in [0.717, 1.165) is 5.56 Å². The van der Waals surface area contributed by atoms with E-state index in [1.807, 2.05) is 6.92 Å². The molecule has 0 amide bonds. The largest absolute Gasteiger partial charge is 0.399 e. The molecule has 0 aliphatic heterocycles. The Hall–Kier alpha value is -2.08. The first-order valence-corrected chi connectivity index (χ1v) is 6.76. The molecule has 2 rings (SSSR count). The normalized spacial score (nSPS) is 11.2. The molecule has 18 heavy (non-hydrogen) atoms. The average molecular weight is 263 g/mol. The van der Waals surface area contributed by atoms with Gasteiger partial charge in [0.2, 0.25) is 0 Å². The molecule has 94 valence electrons. The number of aryl methyl sites for hydroxylation is 1. The zero-order chi connectivity index (χ0) is 13.2. The van der Waals surface area contributed by atoms with E-state index in [4.69, 9.17) is 5.73 Å². The lowest BCUT2D eigenvalue weighted by Crippen LogP contribution is -2.13. The van der Waals surface area contributed by atoms with Gasteiger partial charge in [0.15, 0.2) is 0 Å². The number of nitrogens with two attached hydrogens (primary N) is 1. The van der Waals surface area contributed by atoms with Crippen LogP contribution in [0.3, 0.4) is 0 Å². The number of sulfonamides is 1. The number of nitrogens with one attached hydrogen (secondary N) is 1. The SMILES string of the molecule is Cc1ccncc1NS(=O)(=O)c1ccc(N)cc1. The van der Waals surface area contributed by atoms with Gasteiger partial charge >= 0.3 is 0 Å². The third-order valence-corrected chi connectivity index (χ3v) is 3.86. The van der Waals surface area contributed by atoms with E-state index in [2.05, 4.69) is 9.71 Å². The number of hydrogen-bond acceptors (Lipinski definition) is 4. The van der Waals surface area contributed by atoms with Crippen LogP contribution in [0, 0.1) is 6.92 Å². The van der Waals surface area contributed by atoms with Gasteiger partial charge in [0.05, 0.1) is 16.8 Å². The first kappa shape index (κ1) is 12.4. The van der Waals surface area contributed by atoms with Gasteiger partial charge in [-0.3, -0.25) is 9.71 Å². The van der Waals surface area contributed by atoms with Crippen LogP contribution in [-0.2, 0) is 10.0 Å². The molecule has 1 heterocycles. The molecule has 6 heteroatoms. The van der Waals surface area contributed by atoms with Crippen LogP contribution in [0.1, 0.15) is 5.56 Å². The van der Waals surface area contributed by atoms with Gasteiger partial charge in [-0.2, -0.15) is 0 Å². The molecular weight excluding hydrogens is 250 g/mol. The Balaban J connectivity index is 2.33. The summed E-state index contributed by atoms with van der Waals surface area (Å²) in [7, 11) is -3.60. The monoisotopic (exact) mass is 263 g/mol. The number of nitrogens with zero attached hydrogens (tertiary/aromatic N) is 1. The van der Waals surface area contributed by atoms with Crippen molar-refractivity contribution in [1.29, 1.82) is 0 Å². The molecule has 1 aromatic heterocycles. The molecule has 0 saturated heterocycles. The minimum atomic E-state index is -3.60. The maximum atomic E-state index is 12.1. The van der Waals surface area contributed by atoms with Gasteiger partial charge in [0, 0.05) is 11.9 Å². The Labute approximate surface area is 106 Å². The van der Waals surface area contributed by atoms with Gasteiger partial charge in [0.25, 0.3) is 10.0 Å². The standard InChI is InChI=1S/C12H13N3O2S/c1-9-6-7-14-8-12(9)15-18(16,17)11-4-2-10(13)3-5-11/h2-8,15H,13H2,1H3. The van der Waals surface area contributed by atoms with Crippen LogP contribution in [0.4, 0.5) is 11.4 Å². The van der Waals surface area contributed by atoms with Crippen molar-refractivity contribution in [3.63, 3.8) is 0 Å². The van der Waals surface area contributed by atoms with Gasteiger partial charge in [-0.25, -0.2) is 8.42 Å². The number of aromatic nitrogens is 1. The van der Waals surface area contributed by atoms with Crippen molar-refractivity contribution in [1.82, 2.24) is 4.98 Å². The highest BCUT2D eigenvalue weighted by Crippen LogP contribution is 2.18. The Kier molecular flexibility index (Phi) is 3.20. The Morgan fingerprint density at radius 1 is 1.17 bits per heavy atom. The van der Waals surface area contributed by atoms with Crippen molar-refractivity contribution in [3.05, 3.63) is 48.3 Å². The summed E-state index contributed by atoms with van der Waals surface area (Å²) in [6.45, 7) is 1.81. The molecule has 0 fully saturated rings. The number of anilines is 2. The zero-order valence-electron chi connectivity index (χ0n) is 9.79. The molecule has 2 aromatic rings. The van der Waals surface area contributed by atoms with Crippen LogP contribution >= 0.6 is 0 Å². The fraction of sp³-hybridized carbons (Fsp3) is 0.0833. The van der Waals surface area contributed by atoms with Crippen molar-refractivity contribution >= 4 is 21.4 Å². The Morgan fingerprint density at radius 3 is 2.44 bits per heavy atom. The molecule has 0 bridgehead atoms. The quantitative estimate of drug-likeness (QED) is 0.826. The van der Waals surface area contributed by atoms with Gasteiger partial charge in [0.1, 0.15) is 0 Å². The predicted octanol–water partition coefficient (Wildman–Crippen LogP) is 1.77. The molecule has 0 spiro atoms. The van der Waals surface area contributed by atoms with Gasteiger partial charge in [-0.15, -0.1) is 0 Å². The summed E-state index contributed by atoms with van der Waals surface area (Å²) in [5.74, 6) is 0. The average Bonchev–Trinajstić information content (AvgIpc) is 2.32. The lowest BCUT2D eigenvalue weighted by atomic mass is 10.3. The van der Waals surface area contributed by atoms with E-state index >= 15 is 0 Å². The summed E-state index contributed by atoms with van der Waals surface area (Å²) in [6.07, 6.45) is 3.08. The third-order valence-electron chi connectivity index (χ3n) is 2.47. The van der Waals surface area contributed by atoms with E-state index < -0.39 is 10.0 Å². The summed E-state index contributed by atoms with van der Waals surface area (Å²) in [5, 5.41) is 0. The lowest BCUT2D eigenvalue weighted by molar-refractivity contribution is 0.601. The van der Waals surface area contributed by atoms with Crippen molar-refractivity contribution in [2.24, 2.45) is 0 Å². The van der Waals surface area contributed by atoms with E-state index in [1.54, 1.807) is 24.4 Å². The Bertz CT molecular complexity index is 651. The lowest BCUT2D eigenvalue weighted by Gasteiger charge is -2.09. The predicted molar refractivity (Wildman–Crippen MR) is 70.6 cm³/mol. The highest BCUT2D eigenvalue weighted by atomic mass is 32.2. The molecule has 5 nitrogen and oxygen atoms in total. The second-order valence-electron chi connectivity index (χ2n) is 3.87. The van der Waals surface area contributed by atoms with Crippen LogP contribution in [0.5, 0.6) is 0 Å². The molecule has 0 atom stereocenters. The van der Waals surface area contributed by atoms with E-state index in [0.29, 0.717) is 11.4 Å². The van der Waals surface area contributed by atoms with Crippen molar-refractivity contribution in [2.45, 2.75) is 11.8 Å². The van der Waals surface area contributed by atoms with E-state index in [1.165, 1.54) is 18.3 Å².